The summed E-state index contributed by atoms with van der Waals surface area (Å²) in [6.45, 7) is 3.60. The molecule has 2 aromatic heterocycles. The summed E-state index contributed by atoms with van der Waals surface area (Å²) >= 11 is 5.77. The Morgan fingerprint density at radius 1 is 1.04 bits per heavy atom. The number of rotatable bonds is 2. The summed E-state index contributed by atoms with van der Waals surface area (Å²) in [6.07, 6.45) is 4.33. The first-order chi connectivity index (χ1) is 12.0. The first kappa shape index (κ1) is 16.2. The molecule has 1 aliphatic heterocycles. The average Bonchev–Trinajstić information content (AvgIpc) is 2.94. The summed E-state index contributed by atoms with van der Waals surface area (Å²) in [4.78, 5) is 11.9. The molecule has 5 nitrogen and oxygen atoms in total. The fourth-order valence-corrected chi connectivity index (χ4v) is 3.49. The predicted octanol–water partition coefficient (Wildman–Crippen LogP) is 3.86. The van der Waals surface area contributed by atoms with Gasteiger partial charge in [-0.2, -0.15) is 0 Å². The van der Waals surface area contributed by atoms with Crippen LogP contribution >= 0.6 is 11.6 Å². The Bertz CT molecular complexity index is 950. The maximum Gasteiger partial charge on any atom is 0.223 e. The Kier molecular flexibility index (Phi) is 4.03. The first-order valence-corrected chi connectivity index (χ1v) is 8.54. The molecular weight excluding hydrogens is 348 g/mol. The average molecular weight is 364 g/mol. The van der Waals surface area contributed by atoms with Crippen LogP contribution in [0.5, 0.6) is 0 Å². The molecule has 0 N–H and O–H groups in total. The standard InChI is InChI=1S/C17H16ClF2N5/c1-10-22-16-12(19)7-11(15-13(20)9-21-17(18)23-15)8-14(16)25(10)24-5-3-2-4-6-24/h7-9H,2-6H2,1H3. The van der Waals surface area contributed by atoms with Crippen LogP contribution in [-0.2, 0) is 0 Å². The van der Waals surface area contributed by atoms with Gasteiger partial charge in [-0.3, -0.25) is 0 Å². The van der Waals surface area contributed by atoms with Gasteiger partial charge < -0.3 is 5.01 Å². The smallest absolute Gasteiger partial charge is 0.223 e. The number of imidazole rings is 1. The minimum Gasteiger partial charge on any atom is -0.311 e. The van der Waals surface area contributed by atoms with Gasteiger partial charge in [0.15, 0.2) is 11.6 Å². The molecule has 0 spiro atoms. The Labute approximate surface area is 148 Å². The predicted molar refractivity (Wildman–Crippen MR) is 92.2 cm³/mol. The van der Waals surface area contributed by atoms with Crippen LogP contribution in [0.4, 0.5) is 8.78 Å². The zero-order valence-electron chi connectivity index (χ0n) is 13.6. The van der Waals surface area contributed by atoms with E-state index in [0.29, 0.717) is 16.9 Å². The molecule has 3 aromatic rings. The molecule has 25 heavy (non-hydrogen) atoms. The van der Waals surface area contributed by atoms with Crippen LogP contribution in [-0.4, -0.2) is 32.7 Å². The molecule has 0 atom stereocenters. The lowest BCUT2D eigenvalue weighted by molar-refractivity contribution is 0.479. The zero-order valence-corrected chi connectivity index (χ0v) is 14.4. The van der Waals surface area contributed by atoms with E-state index in [0.717, 1.165) is 32.1 Å². The topological polar surface area (TPSA) is 46.8 Å². The summed E-state index contributed by atoms with van der Waals surface area (Å²) in [5.41, 5.74) is 1.16. The van der Waals surface area contributed by atoms with Gasteiger partial charge in [0.05, 0.1) is 11.7 Å². The van der Waals surface area contributed by atoms with Crippen molar-refractivity contribution in [1.29, 1.82) is 0 Å². The molecular formula is C17H16ClF2N5. The highest BCUT2D eigenvalue weighted by Crippen LogP contribution is 2.29. The van der Waals surface area contributed by atoms with E-state index in [1.807, 2.05) is 11.6 Å². The normalized spacial score (nSPS) is 15.1. The largest absolute Gasteiger partial charge is 0.311 e. The third-order valence-corrected chi connectivity index (χ3v) is 4.64. The molecule has 1 aliphatic rings. The van der Waals surface area contributed by atoms with Crippen LogP contribution in [0, 0.1) is 18.6 Å². The van der Waals surface area contributed by atoms with E-state index in [2.05, 4.69) is 20.0 Å². The highest BCUT2D eigenvalue weighted by Gasteiger charge is 2.20. The Morgan fingerprint density at radius 2 is 1.80 bits per heavy atom. The maximum atomic E-state index is 14.6. The van der Waals surface area contributed by atoms with Crippen LogP contribution < -0.4 is 5.01 Å². The van der Waals surface area contributed by atoms with Gasteiger partial charge in [0.25, 0.3) is 0 Å². The van der Waals surface area contributed by atoms with Crippen LogP contribution in [0.2, 0.25) is 5.28 Å². The minimum atomic E-state index is -0.649. The van der Waals surface area contributed by atoms with Crippen molar-refractivity contribution in [3.63, 3.8) is 0 Å². The van der Waals surface area contributed by atoms with Crippen molar-refractivity contribution in [1.82, 2.24) is 19.6 Å². The number of aryl methyl sites for hydroxylation is 1. The monoisotopic (exact) mass is 363 g/mol. The molecule has 0 bridgehead atoms. The van der Waals surface area contributed by atoms with Crippen LogP contribution in [0.15, 0.2) is 18.3 Å². The van der Waals surface area contributed by atoms with Crippen LogP contribution in [0.25, 0.3) is 22.3 Å². The van der Waals surface area contributed by atoms with Crippen molar-refractivity contribution in [2.24, 2.45) is 0 Å². The lowest BCUT2D eigenvalue weighted by Crippen LogP contribution is -2.39. The molecule has 8 heteroatoms. The molecule has 0 amide bonds. The number of hydrogen-bond acceptors (Lipinski definition) is 4. The van der Waals surface area contributed by atoms with Crippen molar-refractivity contribution in [3.8, 4) is 11.3 Å². The molecule has 4 rings (SSSR count). The lowest BCUT2D eigenvalue weighted by Gasteiger charge is -2.31. The van der Waals surface area contributed by atoms with Crippen molar-refractivity contribution in [2.75, 3.05) is 18.1 Å². The second-order valence-electron chi connectivity index (χ2n) is 6.15. The third kappa shape index (κ3) is 2.82. The summed E-state index contributed by atoms with van der Waals surface area (Å²) in [5, 5.41) is 2.07. The zero-order chi connectivity index (χ0) is 17.6. The Hall–Kier alpha value is -2.28. The molecule has 3 heterocycles. The summed E-state index contributed by atoms with van der Waals surface area (Å²) in [7, 11) is 0. The highest BCUT2D eigenvalue weighted by molar-refractivity contribution is 6.28. The maximum absolute atomic E-state index is 14.6. The number of halogens is 3. The Morgan fingerprint density at radius 3 is 2.56 bits per heavy atom. The van der Waals surface area contributed by atoms with Crippen molar-refractivity contribution >= 4 is 22.6 Å². The van der Waals surface area contributed by atoms with E-state index < -0.39 is 11.6 Å². The highest BCUT2D eigenvalue weighted by atomic mass is 35.5. The number of fused-ring (bicyclic) bond motifs is 1. The summed E-state index contributed by atoms with van der Waals surface area (Å²) in [5.74, 6) is -0.460. The second-order valence-corrected chi connectivity index (χ2v) is 6.48. The quantitative estimate of drug-likeness (QED) is 0.649. The molecule has 0 radical (unpaired) electrons. The molecule has 1 saturated heterocycles. The van der Waals surface area contributed by atoms with Crippen molar-refractivity contribution in [3.05, 3.63) is 41.1 Å². The number of aromatic nitrogens is 4. The molecule has 0 aliphatic carbocycles. The van der Waals surface area contributed by atoms with Gasteiger partial charge in [-0.25, -0.2) is 28.4 Å². The molecule has 1 fully saturated rings. The fraction of sp³-hybridized carbons (Fsp3) is 0.353. The minimum absolute atomic E-state index is 0.0233. The third-order valence-electron chi connectivity index (χ3n) is 4.46. The molecule has 0 saturated carbocycles. The number of piperidine rings is 1. The van der Waals surface area contributed by atoms with E-state index in [-0.39, 0.29) is 16.5 Å². The molecule has 0 unspecified atom stereocenters. The van der Waals surface area contributed by atoms with Gasteiger partial charge in [0.1, 0.15) is 17.0 Å². The van der Waals surface area contributed by atoms with E-state index in [4.69, 9.17) is 11.6 Å². The number of nitrogens with zero attached hydrogens (tertiary/aromatic N) is 5. The molecule has 130 valence electrons. The van der Waals surface area contributed by atoms with Gasteiger partial charge >= 0.3 is 0 Å². The first-order valence-electron chi connectivity index (χ1n) is 8.17. The van der Waals surface area contributed by atoms with Gasteiger partial charge in [-0.05, 0) is 49.9 Å². The molecule has 1 aromatic carbocycles. The van der Waals surface area contributed by atoms with Crippen LogP contribution in [0.3, 0.4) is 0 Å². The van der Waals surface area contributed by atoms with E-state index in [1.54, 1.807) is 6.07 Å². The summed E-state index contributed by atoms with van der Waals surface area (Å²) < 4.78 is 30.7. The number of hydrogen-bond donors (Lipinski definition) is 0. The van der Waals surface area contributed by atoms with Gasteiger partial charge in [0, 0.05) is 18.7 Å². The number of benzene rings is 1. The van der Waals surface area contributed by atoms with Gasteiger partial charge in [0.2, 0.25) is 5.28 Å². The summed E-state index contributed by atoms with van der Waals surface area (Å²) in [6, 6.07) is 2.94. The van der Waals surface area contributed by atoms with Gasteiger partial charge in [-0.1, -0.05) is 0 Å². The van der Waals surface area contributed by atoms with Gasteiger partial charge in [-0.15, -0.1) is 0 Å². The van der Waals surface area contributed by atoms with Crippen LogP contribution in [0.1, 0.15) is 25.1 Å². The lowest BCUT2D eigenvalue weighted by atomic mass is 10.1. The second kappa shape index (κ2) is 6.22. The van der Waals surface area contributed by atoms with E-state index in [9.17, 15) is 8.78 Å². The fourth-order valence-electron chi connectivity index (χ4n) is 3.36. The van der Waals surface area contributed by atoms with E-state index >= 15 is 0 Å². The Balaban J connectivity index is 1.92. The van der Waals surface area contributed by atoms with E-state index in [1.165, 1.54) is 12.5 Å². The van der Waals surface area contributed by atoms with Crippen molar-refractivity contribution < 1.29 is 8.78 Å². The SMILES string of the molecule is Cc1nc2c(F)cc(-c3nc(Cl)ncc3F)cc2n1N1CCCCC1. The van der Waals surface area contributed by atoms with Crippen molar-refractivity contribution in [2.45, 2.75) is 26.2 Å².